The van der Waals surface area contributed by atoms with Crippen LogP contribution in [0.15, 0.2) is 0 Å². The van der Waals surface area contributed by atoms with Gasteiger partial charge in [0.25, 0.3) is 0 Å². The molecule has 20 heavy (non-hydrogen) atoms. The maximum absolute atomic E-state index is 4.16. The summed E-state index contributed by atoms with van der Waals surface area (Å²) in [7, 11) is 0. The van der Waals surface area contributed by atoms with Crippen LogP contribution in [0.2, 0.25) is 0 Å². The smallest absolute Gasteiger partial charge is 0.0254 e. The number of rotatable bonds is 1. The second kappa shape index (κ2) is 5.96. The minimum atomic E-state index is 0.800. The molecule has 0 aromatic rings. The lowest BCUT2D eigenvalue weighted by Gasteiger charge is -2.51. The standard InChI is InChI=1S/C18H32N2/c1-2-5-13(6-3-1)16-11-10-15-9-8-14-7-4-12-19-17(14)18(15)20-16/h13-20H,1-12H2. The molecule has 2 nitrogen and oxygen atoms in total. The van der Waals surface area contributed by atoms with Crippen molar-refractivity contribution in [2.24, 2.45) is 17.8 Å². The molecule has 2 saturated carbocycles. The van der Waals surface area contributed by atoms with E-state index in [-0.39, 0.29) is 0 Å². The average Bonchev–Trinajstić information content (AvgIpc) is 2.55. The molecule has 0 aromatic carbocycles. The van der Waals surface area contributed by atoms with Crippen molar-refractivity contribution in [3.05, 3.63) is 0 Å². The molecule has 0 spiro atoms. The molecule has 114 valence electrons. The Morgan fingerprint density at radius 3 is 2.10 bits per heavy atom. The van der Waals surface area contributed by atoms with Crippen molar-refractivity contribution in [2.75, 3.05) is 6.54 Å². The molecule has 4 fully saturated rings. The number of hydrogen-bond acceptors (Lipinski definition) is 2. The van der Waals surface area contributed by atoms with E-state index in [1.165, 1.54) is 77.2 Å². The van der Waals surface area contributed by atoms with E-state index >= 15 is 0 Å². The summed E-state index contributed by atoms with van der Waals surface area (Å²) < 4.78 is 0. The Balaban J connectivity index is 1.44. The van der Waals surface area contributed by atoms with Crippen LogP contribution in [0.5, 0.6) is 0 Å². The van der Waals surface area contributed by atoms with E-state index in [0.717, 1.165) is 35.9 Å². The summed E-state index contributed by atoms with van der Waals surface area (Å²) in [5.41, 5.74) is 0. The quantitative estimate of drug-likeness (QED) is 0.766. The summed E-state index contributed by atoms with van der Waals surface area (Å²) in [5.74, 6) is 2.94. The molecule has 4 aliphatic rings. The monoisotopic (exact) mass is 276 g/mol. The van der Waals surface area contributed by atoms with Gasteiger partial charge in [0.2, 0.25) is 0 Å². The molecular formula is C18H32N2. The molecule has 0 radical (unpaired) electrons. The molecule has 5 unspecified atom stereocenters. The van der Waals surface area contributed by atoms with Crippen LogP contribution in [0.25, 0.3) is 0 Å². The Morgan fingerprint density at radius 1 is 0.550 bits per heavy atom. The molecule has 2 aliphatic carbocycles. The number of nitrogens with one attached hydrogen (secondary N) is 2. The number of hydrogen-bond donors (Lipinski definition) is 2. The van der Waals surface area contributed by atoms with Crippen LogP contribution in [0, 0.1) is 17.8 Å². The Hall–Kier alpha value is -0.0800. The first-order valence-corrected chi connectivity index (χ1v) is 9.41. The van der Waals surface area contributed by atoms with Gasteiger partial charge in [-0.1, -0.05) is 19.3 Å². The Morgan fingerprint density at radius 2 is 1.25 bits per heavy atom. The largest absolute Gasteiger partial charge is 0.312 e. The summed E-state index contributed by atoms with van der Waals surface area (Å²) in [6.07, 6.45) is 16.3. The third-order valence-electron chi connectivity index (χ3n) is 6.92. The average molecular weight is 276 g/mol. The highest BCUT2D eigenvalue weighted by molar-refractivity contribution is 5.02. The van der Waals surface area contributed by atoms with Crippen LogP contribution in [-0.4, -0.2) is 24.7 Å². The van der Waals surface area contributed by atoms with Gasteiger partial charge in [0.05, 0.1) is 0 Å². The van der Waals surface area contributed by atoms with Crippen molar-refractivity contribution in [3.8, 4) is 0 Å². The lowest BCUT2D eigenvalue weighted by atomic mass is 9.66. The summed E-state index contributed by atoms with van der Waals surface area (Å²) in [5, 5.41) is 8.04. The molecule has 2 heterocycles. The van der Waals surface area contributed by atoms with Crippen LogP contribution in [0.1, 0.15) is 70.6 Å². The van der Waals surface area contributed by atoms with Crippen molar-refractivity contribution in [3.63, 3.8) is 0 Å². The fourth-order valence-electron chi connectivity index (χ4n) is 5.82. The molecule has 2 N–H and O–H groups in total. The molecule has 0 aromatic heterocycles. The van der Waals surface area contributed by atoms with Crippen molar-refractivity contribution in [1.29, 1.82) is 0 Å². The highest BCUT2D eigenvalue weighted by Crippen LogP contribution is 2.41. The normalized spacial score (nSPS) is 46.5. The third-order valence-corrected chi connectivity index (χ3v) is 6.92. The zero-order chi connectivity index (χ0) is 13.4. The van der Waals surface area contributed by atoms with Gasteiger partial charge < -0.3 is 10.6 Å². The summed E-state index contributed by atoms with van der Waals surface area (Å²) in [4.78, 5) is 0. The minimum absolute atomic E-state index is 0.800. The highest BCUT2D eigenvalue weighted by atomic mass is 15.1. The lowest BCUT2D eigenvalue weighted by Crippen LogP contribution is -2.64. The maximum Gasteiger partial charge on any atom is 0.0254 e. The SMILES string of the molecule is C1CCC(C2CCC3CCC4CCCNC4C3N2)CC1. The zero-order valence-corrected chi connectivity index (χ0v) is 12.9. The maximum atomic E-state index is 4.16. The van der Waals surface area contributed by atoms with E-state index in [4.69, 9.17) is 0 Å². The van der Waals surface area contributed by atoms with Gasteiger partial charge in [-0.3, -0.25) is 0 Å². The predicted octanol–water partition coefficient (Wildman–Crippen LogP) is 3.47. The summed E-state index contributed by atoms with van der Waals surface area (Å²) in [6.45, 7) is 1.26. The van der Waals surface area contributed by atoms with Crippen LogP contribution in [0.4, 0.5) is 0 Å². The highest BCUT2D eigenvalue weighted by Gasteiger charge is 2.44. The molecule has 0 bridgehead atoms. The Labute approximate surface area is 124 Å². The van der Waals surface area contributed by atoms with Gasteiger partial charge in [0, 0.05) is 18.1 Å². The zero-order valence-electron chi connectivity index (χ0n) is 12.9. The second-order valence-corrected chi connectivity index (χ2v) is 7.99. The molecule has 2 aliphatic heterocycles. The van der Waals surface area contributed by atoms with Gasteiger partial charge in [-0.05, 0) is 75.7 Å². The summed E-state index contributed by atoms with van der Waals surface area (Å²) >= 11 is 0. The molecule has 4 rings (SSSR count). The minimum Gasteiger partial charge on any atom is -0.312 e. The molecule has 5 atom stereocenters. The third kappa shape index (κ3) is 2.54. The fourth-order valence-corrected chi connectivity index (χ4v) is 5.82. The van der Waals surface area contributed by atoms with E-state index in [0.29, 0.717) is 0 Å². The number of piperidine rings is 2. The van der Waals surface area contributed by atoms with Gasteiger partial charge in [0.1, 0.15) is 0 Å². The van der Waals surface area contributed by atoms with E-state index in [2.05, 4.69) is 10.6 Å². The molecular weight excluding hydrogens is 244 g/mol. The van der Waals surface area contributed by atoms with E-state index in [1.54, 1.807) is 0 Å². The molecule has 2 saturated heterocycles. The second-order valence-electron chi connectivity index (χ2n) is 7.99. The first kappa shape index (κ1) is 13.6. The topological polar surface area (TPSA) is 24.1 Å². The van der Waals surface area contributed by atoms with Gasteiger partial charge in [-0.25, -0.2) is 0 Å². The Kier molecular flexibility index (Phi) is 4.05. The summed E-state index contributed by atoms with van der Waals surface area (Å²) in [6, 6.07) is 2.45. The lowest BCUT2D eigenvalue weighted by molar-refractivity contribution is 0.0609. The van der Waals surface area contributed by atoms with Crippen molar-refractivity contribution in [2.45, 2.75) is 88.8 Å². The Bertz CT molecular complexity index is 323. The van der Waals surface area contributed by atoms with Gasteiger partial charge in [-0.2, -0.15) is 0 Å². The predicted molar refractivity (Wildman–Crippen MR) is 83.8 cm³/mol. The van der Waals surface area contributed by atoms with Crippen molar-refractivity contribution < 1.29 is 0 Å². The van der Waals surface area contributed by atoms with E-state index in [1.807, 2.05) is 0 Å². The molecule has 0 amide bonds. The first-order chi connectivity index (χ1) is 9.92. The van der Waals surface area contributed by atoms with Crippen molar-refractivity contribution in [1.82, 2.24) is 10.6 Å². The molecule has 2 heteroatoms. The van der Waals surface area contributed by atoms with Crippen LogP contribution >= 0.6 is 0 Å². The van der Waals surface area contributed by atoms with Crippen LogP contribution in [0.3, 0.4) is 0 Å². The van der Waals surface area contributed by atoms with E-state index < -0.39 is 0 Å². The van der Waals surface area contributed by atoms with Gasteiger partial charge in [-0.15, -0.1) is 0 Å². The van der Waals surface area contributed by atoms with Crippen LogP contribution < -0.4 is 10.6 Å². The van der Waals surface area contributed by atoms with Gasteiger partial charge >= 0.3 is 0 Å². The van der Waals surface area contributed by atoms with Crippen LogP contribution in [-0.2, 0) is 0 Å². The first-order valence-electron chi connectivity index (χ1n) is 9.41. The van der Waals surface area contributed by atoms with Gasteiger partial charge in [0.15, 0.2) is 0 Å². The fraction of sp³-hybridized carbons (Fsp3) is 1.00. The van der Waals surface area contributed by atoms with Crippen molar-refractivity contribution >= 4 is 0 Å². The number of fused-ring (bicyclic) bond motifs is 3. The van der Waals surface area contributed by atoms with E-state index in [9.17, 15) is 0 Å².